The van der Waals surface area contributed by atoms with Gasteiger partial charge in [-0.25, -0.2) is 9.97 Å². The molecule has 2 aliphatic heterocycles. The fourth-order valence-electron chi connectivity index (χ4n) is 7.20. The Morgan fingerprint density at radius 1 is 0.281 bits per heavy atom. The Hall–Kier alpha value is -3.68. The Morgan fingerprint density at radius 2 is 0.474 bits per heavy atom. The summed E-state index contributed by atoms with van der Waals surface area (Å²) in [6.45, 7) is 0. The minimum atomic E-state index is 0. The minimum Gasteiger partial charge on any atom is -0.354 e. The number of H-pyrrole nitrogens is 2. The summed E-state index contributed by atoms with van der Waals surface area (Å²) in [5, 5.41) is 3.53. The van der Waals surface area contributed by atoms with Crippen molar-refractivity contribution in [3.63, 3.8) is 0 Å². The van der Waals surface area contributed by atoms with Gasteiger partial charge in [-0.1, -0.05) is 117 Å². The molecule has 7 aromatic rings. The second-order valence-corrected chi connectivity index (χ2v) is 16.1. The van der Waals surface area contributed by atoms with Gasteiger partial charge < -0.3 is 9.97 Å². The molecule has 280 valence electrons. The molecule has 0 saturated carbocycles. The molecule has 0 radical (unpaired) electrons. The summed E-state index contributed by atoms with van der Waals surface area (Å²) in [6.07, 6.45) is 7.66. The largest absolute Gasteiger partial charge is 2.00 e. The van der Waals surface area contributed by atoms with E-state index in [1.54, 1.807) is 72.8 Å². The number of nitrogens with zero attached hydrogens (tertiary/aromatic N) is 2. The second-order valence-electron chi connectivity index (χ2n) is 12.9. The van der Waals surface area contributed by atoms with Crippen LogP contribution in [0, 0.1) is 0 Å². The molecule has 0 atom stereocenters. The van der Waals surface area contributed by atoms with Gasteiger partial charge in [0, 0.05) is 66.6 Å². The first-order valence-corrected chi connectivity index (χ1v) is 20.0. The Kier molecular flexibility index (Phi) is 11.4. The number of hydrogen-bond donors (Lipinski definition) is 2. The molecule has 0 fully saturated rings. The normalized spacial score (nSPS) is 11.9. The Bertz CT molecular complexity index is 2560. The number of aromatic amines is 2. The summed E-state index contributed by atoms with van der Waals surface area (Å²) < 4.78 is 0. The Labute approximate surface area is 377 Å². The molecule has 3 aromatic heterocycles. The van der Waals surface area contributed by atoms with E-state index in [1.807, 2.05) is 48.6 Å². The van der Waals surface area contributed by atoms with Gasteiger partial charge in [0.2, 0.25) is 0 Å². The fourth-order valence-corrected chi connectivity index (χ4v) is 9.55. The van der Waals surface area contributed by atoms with Gasteiger partial charge in [0.15, 0.2) is 0 Å². The molecule has 57 heavy (non-hydrogen) atoms. The fraction of sp³-hybridized carbons (Fsp3) is 0. The van der Waals surface area contributed by atoms with E-state index in [0.29, 0.717) is 130 Å². The third kappa shape index (κ3) is 7.13. The van der Waals surface area contributed by atoms with Crippen molar-refractivity contribution in [1.29, 1.82) is 0 Å². The number of fused-ring (bicyclic) bond motifs is 8. The van der Waals surface area contributed by atoms with Gasteiger partial charge in [0.05, 0.1) is 63.0 Å². The number of nitrogens with one attached hydrogen (secondary N) is 2. The average Bonchev–Trinajstić information content (AvgIpc) is 4.00. The molecular weight excluding hydrogens is 924 g/mol. The molecule has 4 nitrogen and oxygen atoms in total. The Balaban J connectivity index is 0.00000455. The van der Waals surface area contributed by atoms with E-state index in [1.165, 1.54) is 0 Å². The molecule has 0 amide bonds. The SMILES string of the molecule is Clc1cccc(Cl)c1-c1c2nc(c(-c3c(Cl)cccc3Cl)c3ccc([nH]3)c(-c3c(Cl)cccc3Cl)c3nc(c(-c4c(Cl)cccc4Cl)c4ccc1[nH]4)C=C3)C=C2.[Fe+2]. The van der Waals surface area contributed by atoms with Gasteiger partial charge in [0.25, 0.3) is 0 Å². The quantitative estimate of drug-likeness (QED) is 0.173. The molecule has 5 heterocycles. The van der Waals surface area contributed by atoms with E-state index in [4.69, 9.17) is 103 Å². The van der Waals surface area contributed by atoms with Crippen LogP contribution >= 0.6 is 92.8 Å². The van der Waals surface area contributed by atoms with Crippen LogP contribution in [0.25, 0.3) is 90.9 Å². The molecule has 0 aliphatic carbocycles. The van der Waals surface area contributed by atoms with Crippen LogP contribution in [0.1, 0.15) is 22.8 Å². The number of aromatic nitrogens is 4. The third-order valence-corrected chi connectivity index (χ3v) is 12.1. The predicted octanol–water partition coefficient (Wildman–Crippen LogP) is 16.5. The van der Waals surface area contributed by atoms with Crippen molar-refractivity contribution in [1.82, 2.24) is 19.9 Å². The van der Waals surface area contributed by atoms with Crippen molar-refractivity contribution < 1.29 is 17.1 Å². The summed E-state index contributed by atoms with van der Waals surface area (Å²) >= 11 is 55.6. The molecule has 8 bridgehead atoms. The number of hydrogen-bond acceptors (Lipinski definition) is 2. The van der Waals surface area contributed by atoms with E-state index in [9.17, 15) is 0 Å². The van der Waals surface area contributed by atoms with Crippen molar-refractivity contribution in [2.24, 2.45) is 0 Å². The summed E-state index contributed by atoms with van der Waals surface area (Å²) in [6, 6.07) is 29.3. The van der Waals surface area contributed by atoms with E-state index >= 15 is 0 Å². The van der Waals surface area contributed by atoms with Crippen LogP contribution in [0.5, 0.6) is 0 Å². The van der Waals surface area contributed by atoms with Gasteiger partial charge >= 0.3 is 17.1 Å². The summed E-state index contributed by atoms with van der Waals surface area (Å²) in [7, 11) is 0. The van der Waals surface area contributed by atoms with Crippen molar-refractivity contribution in [3.05, 3.63) is 160 Å². The van der Waals surface area contributed by atoms with E-state index in [2.05, 4.69) is 9.97 Å². The van der Waals surface area contributed by atoms with Crippen molar-refractivity contribution in [2.45, 2.75) is 0 Å². The van der Waals surface area contributed by atoms with E-state index < -0.39 is 0 Å². The third-order valence-electron chi connectivity index (χ3n) is 9.60. The summed E-state index contributed by atoms with van der Waals surface area (Å²) in [4.78, 5) is 17.8. The van der Waals surface area contributed by atoms with Crippen LogP contribution in [-0.4, -0.2) is 19.9 Å². The molecule has 0 spiro atoms. The summed E-state index contributed by atoms with van der Waals surface area (Å²) in [5.41, 5.74) is 10.1. The zero-order valence-electron chi connectivity index (χ0n) is 28.8. The van der Waals surface area contributed by atoms with Crippen molar-refractivity contribution in [2.75, 3.05) is 0 Å². The molecule has 0 unspecified atom stereocenters. The predicted molar refractivity (Wildman–Crippen MR) is 241 cm³/mol. The minimum absolute atomic E-state index is 0. The molecular formula is C44H22Cl8FeN4+2. The smallest absolute Gasteiger partial charge is 0.354 e. The molecule has 13 heteroatoms. The van der Waals surface area contributed by atoms with Crippen molar-refractivity contribution in [3.8, 4) is 44.5 Å². The van der Waals surface area contributed by atoms with Gasteiger partial charge in [-0.05, 0) is 97.1 Å². The van der Waals surface area contributed by atoms with Gasteiger partial charge in [0.1, 0.15) is 0 Å². The van der Waals surface area contributed by atoms with Crippen LogP contribution in [0.4, 0.5) is 0 Å². The van der Waals surface area contributed by atoms with Gasteiger partial charge in [-0.15, -0.1) is 0 Å². The topological polar surface area (TPSA) is 57.4 Å². The number of halogens is 8. The van der Waals surface area contributed by atoms with Crippen LogP contribution < -0.4 is 0 Å². The standard InChI is InChI=1S/C44H22Cl8N4.Fe/c45-21-5-1-6-22(46)37(21)41-29-13-15-31(53-29)42(38-23(47)7-2-8-24(38)48)33-17-19-35(55-33)44(40-27(51)11-4-12-28(40)52)36-20-18-34(56-36)43(32-16-14-30(41)54-32)39-25(49)9-3-10-26(39)50;/h1-20,53,56H;/q;+2. The Morgan fingerprint density at radius 3 is 0.667 bits per heavy atom. The van der Waals surface area contributed by atoms with Gasteiger partial charge in [-0.2, -0.15) is 0 Å². The number of rotatable bonds is 4. The van der Waals surface area contributed by atoms with Crippen LogP contribution in [0.2, 0.25) is 40.2 Å². The maximum atomic E-state index is 6.95. The molecule has 0 saturated heterocycles. The maximum Gasteiger partial charge on any atom is 2.00 e. The van der Waals surface area contributed by atoms with Crippen LogP contribution in [0.3, 0.4) is 0 Å². The number of benzene rings is 4. The van der Waals surface area contributed by atoms with Gasteiger partial charge in [-0.3, -0.25) is 0 Å². The molecule has 2 aliphatic rings. The molecule has 9 rings (SSSR count). The summed E-state index contributed by atoms with van der Waals surface area (Å²) in [5.74, 6) is 0. The monoisotopic (exact) mass is 942 g/mol. The molecule has 2 N–H and O–H groups in total. The van der Waals surface area contributed by atoms with E-state index in [-0.39, 0.29) is 17.1 Å². The van der Waals surface area contributed by atoms with E-state index in [0.717, 1.165) is 0 Å². The first kappa shape index (κ1) is 40.1. The first-order valence-electron chi connectivity index (χ1n) is 17.0. The maximum absolute atomic E-state index is 6.95. The van der Waals surface area contributed by atoms with Crippen molar-refractivity contribution >= 4 is 139 Å². The molecule has 4 aromatic carbocycles. The van der Waals surface area contributed by atoms with Crippen LogP contribution in [-0.2, 0) is 17.1 Å². The zero-order valence-corrected chi connectivity index (χ0v) is 36.0. The van der Waals surface area contributed by atoms with Crippen LogP contribution in [0.15, 0.2) is 97.1 Å². The zero-order chi connectivity index (χ0) is 38.8. The average molecular weight is 946 g/mol. The second kappa shape index (κ2) is 16.2. The first-order chi connectivity index (χ1) is 27.1.